The summed E-state index contributed by atoms with van der Waals surface area (Å²) in [5, 5.41) is 3.44. The van der Waals surface area contributed by atoms with Gasteiger partial charge in [-0.3, -0.25) is 0 Å². The Morgan fingerprint density at radius 2 is 2.00 bits per heavy atom. The molecule has 2 fully saturated rings. The molecule has 0 aliphatic heterocycles. The minimum atomic E-state index is 0.0652. The molecule has 2 aliphatic carbocycles. The summed E-state index contributed by atoms with van der Waals surface area (Å²) in [6, 6.07) is 0.0652. The van der Waals surface area contributed by atoms with Gasteiger partial charge < -0.3 is 4.90 Å². The fraction of sp³-hybridized carbons (Fsp3) is 1.00. The number of fused-ring (bicyclic) bond motifs is 2. The predicted octanol–water partition coefficient (Wildman–Crippen LogP) is 2.61. The summed E-state index contributed by atoms with van der Waals surface area (Å²) in [5.74, 6) is 2.32. The lowest BCUT2D eigenvalue weighted by Gasteiger charge is -2.43. The molecule has 0 amide bonds. The maximum atomic E-state index is 11.1. The van der Waals surface area contributed by atoms with Crippen LogP contribution in [0.15, 0.2) is 5.18 Å². The van der Waals surface area contributed by atoms with Crippen molar-refractivity contribution in [1.82, 2.24) is 4.90 Å². The molecule has 0 radical (unpaired) electrons. The van der Waals surface area contributed by atoms with Gasteiger partial charge in [-0.1, -0.05) is 25.9 Å². The van der Waals surface area contributed by atoms with Crippen LogP contribution < -0.4 is 0 Å². The molecule has 3 nitrogen and oxygen atoms in total. The van der Waals surface area contributed by atoms with Gasteiger partial charge in [-0.25, -0.2) is 0 Å². The minimum Gasteiger partial charge on any atom is -0.309 e. The standard InChI is InChI=1S/C13H24N2O/c1-8-9-6-11(13(8,2)3)10(7-15(4)5)12(9)14-16/h8-12H,6-7H2,1-5H3. The van der Waals surface area contributed by atoms with E-state index in [9.17, 15) is 4.91 Å². The number of nitrogens with zero attached hydrogens (tertiary/aromatic N) is 2. The number of hydrogen-bond acceptors (Lipinski definition) is 3. The number of nitroso groups, excluding NO2 is 1. The SMILES string of the molecule is CC1C2CC(C(CN(C)C)C2N=O)C1(C)C. The van der Waals surface area contributed by atoms with E-state index in [2.05, 4.69) is 44.9 Å². The molecule has 16 heavy (non-hydrogen) atoms. The summed E-state index contributed by atoms with van der Waals surface area (Å²) in [6.45, 7) is 8.04. The number of rotatable bonds is 3. The van der Waals surface area contributed by atoms with E-state index >= 15 is 0 Å². The smallest absolute Gasteiger partial charge is 0.0993 e. The van der Waals surface area contributed by atoms with Gasteiger partial charge in [-0.15, -0.1) is 0 Å². The van der Waals surface area contributed by atoms with Crippen molar-refractivity contribution in [2.75, 3.05) is 20.6 Å². The molecule has 0 aromatic heterocycles. The molecular formula is C13H24N2O. The van der Waals surface area contributed by atoms with Gasteiger partial charge in [0.15, 0.2) is 0 Å². The van der Waals surface area contributed by atoms with Gasteiger partial charge in [-0.05, 0) is 43.7 Å². The van der Waals surface area contributed by atoms with E-state index in [0.717, 1.165) is 6.54 Å². The Balaban J connectivity index is 2.23. The van der Waals surface area contributed by atoms with Crippen molar-refractivity contribution in [3.63, 3.8) is 0 Å². The second kappa shape index (κ2) is 3.80. The molecule has 2 aliphatic rings. The summed E-state index contributed by atoms with van der Waals surface area (Å²) in [6.07, 6.45) is 1.21. The van der Waals surface area contributed by atoms with Gasteiger partial charge >= 0.3 is 0 Å². The van der Waals surface area contributed by atoms with Crippen LogP contribution in [0, 0.1) is 34.0 Å². The highest BCUT2D eigenvalue weighted by molar-refractivity contribution is 5.10. The van der Waals surface area contributed by atoms with Crippen LogP contribution in [0.3, 0.4) is 0 Å². The molecule has 92 valence electrons. The molecule has 3 heteroatoms. The van der Waals surface area contributed by atoms with Crippen LogP contribution in [0.5, 0.6) is 0 Å². The molecule has 0 heterocycles. The maximum Gasteiger partial charge on any atom is 0.0993 e. The normalized spacial score (nSPS) is 45.2. The van der Waals surface area contributed by atoms with E-state index in [-0.39, 0.29) is 6.04 Å². The average molecular weight is 224 g/mol. The molecule has 2 rings (SSSR count). The first kappa shape index (κ1) is 12.0. The van der Waals surface area contributed by atoms with Crippen molar-refractivity contribution in [2.45, 2.75) is 33.2 Å². The molecule has 0 aromatic carbocycles. The maximum absolute atomic E-state index is 11.1. The van der Waals surface area contributed by atoms with E-state index in [1.165, 1.54) is 6.42 Å². The highest BCUT2D eigenvalue weighted by atomic mass is 16.3. The fourth-order valence-electron chi connectivity index (χ4n) is 4.22. The van der Waals surface area contributed by atoms with Crippen molar-refractivity contribution in [2.24, 2.45) is 34.3 Å². The first-order valence-corrected chi connectivity index (χ1v) is 6.36. The molecule has 0 spiro atoms. The highest BCUT2D eigenvalue weighted by Crippen LogP contribution is 2.62. The van der Waals surface area contributed by atoms with Crippen molar-refractivity contribution in [3.8, 4) is 0 Å². The zero-order chi connectivity index (χ0) is 12.1. The van der Waals surface area contributed by atoms with Gasteiger partial charge in [0.1, 0.15) is 0 Å². The zero-order valence-corrected chi connectivity index (χ0v) is 11.1. The van der Waals surface area contributed by atoms with E-state index in [1.807, 2.05) is 0 Å². The third-order valence-corrected chi connectivity index (χ3v) is 5.39. The van der Waals surface area contributed by atoms with Crippen LogP contribution in [0.1, 0.15) is 27.2 Å². The van der Waals surface area contributed by atoms with E-state index < -0.39 is 0 Å². The van der Waals surface area contributed by atoms with Crippen LogP contribution in [-0.4, -0.2) is 31.6 Å². The van der Waals surface area contributed by atoms with Gasteiger partial charge in [0.2, 0.25) is 0 Å². The first-order valence-electron chi connectivity index (χ1n) is 6.36. The topological polar surface area (TPSA) is 32.7 Å². The summed E-state index contributed by atoms with van der Waals surface area (Å²) >= 11 is 0. The molecule has 0 saturated heterocycles. The molecule has 5 atom stereocenters. The van der Waals surface area contributed by atoms with Gasteiger partial charge in [0.05, 0.1) is 6.04 Å². The minimum absolute atomic E-state index is 0.0652. The quantitative estimate of drug-likeness (QED) is 0.690. The van der Waals surface area contributed by atoms with E-state index in [4.69, 9.17) is 0 Å². The third-order valence-electron chi connectivity index (χ3n) is 5.39. The lowest BCUT2D eigenvalue weighted by atomic mass is 9.64. The Labute approximate surface area is 98.6 Å². The molecule has 0 N–H and O–H groups in total. The molecule has 2 saturated carbocycles. The summed E-state index contributed by atoms with van der Waals surface area (Å²) in [5.41, 5.74) is 0.381. The Hall–Kier alpha value is -0.440. The van der Waals surface area contributed by atoms with Gasteiger partial charge in [0, 0.05) is 12.5 Å². The summed E-state index contributed by atoms with van der Waals surface area (Å²) in [4.78, 5) is 13.3. The van der Waals surface area contributed by atoms with E-state index in [1.54, 1.807) is 0 Å². The molecule has 0 aromatic rings. The average Bonchev–Trinajstić information content (AvgIpc) is 2.63. The Bertz CT molecular complexity index is 288. The largest absolute Gasteiger partial charge is 0.309 e. The molecule has 5 unspecified atom stereocenters. The van der Waals surface area contributed by atoms with Crippen molar-refractivity contribution >= 4 is 0 Å². The number of hydrogen-bond donors (Lipinski definition) is 0. The van der Waals surface area contributed by atoms with Crippen LogP contribution >= 0.6 is 0 Å². The Morgan fingerprint density at radius 1 is 1.38 bits per heavy atom. The lowest BCUT2D eigenvalue weighted by molar-refractivity contribution is 0.0587. The monoisotopic (exact) mass is 224 g/mol. The fourth-order valence-corrected chi connectivity index (χ4v) is 4.22. The lowest BCUT2D eigenvalue weighted by Crippen LogP contribution is -2.45. The summed E-state index contributed by atoms with van der Waals surface area (Å²) in [7, 11) is 4.18. The van der Waals surface area contributed by atoms with Crippen LogP contribution in [0.25, 0.3) is 0 Å². The van der Waals surface area contributed by atoms with Crippen LogP contribution in [-0.2, 0) is 0 Å². The molecular weight excluding hydrogens is 200 g/mol. The van der Waals surface area contributed by atoms with Gasteiger partial charge in [0.25, 0.3) is 0 Å². The zero-order valence-electron chi connectivity index (χ0n) is 11.1. The molecule has 2 bridgehead atoms. The van der Waals surface area contributed by atoms with Crippen molar-refractivity contribution < 1.29 is 0 Å². The third kappa shape index (κ3) is 1.52. The highest BCUT2D eigenvalue weighted by Gasteiger charge is 2.60. The Kier molecular flexibility index (Phi) is 2.85. The summed E-state index contributed by atoms with van der Waals surface area (Å²) < 4.78 is 0. The second-order valence-electron chi connectivity index (χ2n) is 6.64. The van der Waals surface area contributed by atoms with Gasteiger partial charge in [-0.2, -0.15) is 4.91 Å². The second-order valence-corrected chi connectivity index (χ2v) is 6.64. The van der Waals surface area contributed by atoms with Crippen molar-refractivity contribution in [3.05, 3.63) is 4.91 Å². The van der Waals surface area contributed by atoms with Crippen molar-refractivity contribution in [1.29, 1.82) is 0 Å². The van der Waals surface area contributed by atoms with E-state index in [0.29, 0.717) is 29.1 Å². The Morgan fingerprint density at radius 3 is 2.50 bits per heavy atom. The predicted molar refractivity (Wildman–Crippen MR) is 66.2 cm³/mol. The van der Waals surface area contributed by atoms with Crippen LogP contribution in [0.2, 0.25) is 0 Å². The van der Waals surface area contributed by atoms with Crippen LogP contribution in [0.4, 0.5) is 0 Å². The first-order chi connectivity index (χ1) is 7.39.